The molecule has 0 aromatic heterocycles. The Morgan fingerprint density at radius 1 is 1.44 bits per heavy atom. The van der Waals surface area contributed by atoms with Crippen LogP contribution < -0.4 is 11.1 Å². The molecule has 0 spiro atoms. The van der Waals surface area contributed by atoms with Crippen LogP contribution in [0.25, 0.3) is 0 Å². The highest BCUT2D eigenvalue weighted by molar-refractivity contribution is 6.39. The zero-order valence-corrected chi connectivity index (χ0v) is 10.5. The molecule has 2 atom stereocenters. The topological polar surface area (TPSA) is 98.3 Å². The lowest BCUT2D eigenvalue weighted by Crippen LogP contribution is -2.18. The Bertz CT molecular complexity index is 512. The molecule has 0 saturated heterocycles. The second kappa shape index (κ2) is 4.62. The molecule has 0 radical (unpaired) electrons. The fraction of sp³-hybridized carbons (Fsp3) is 0.300. The fourth-order valence-electron chi connectivity index (χ4n) is 1.59. The van der Waals surface area contributed by atoms with Crippen LogP contribution in [0, 0.1) is 16.0 Å². The van der Waals surface area contributed by atoms with Gasteiger partial charge in [0.1, 0.15) is 5.92 Å². The van der Waals surface area contributed by atoms with Crippen LogP contribution in [0.15, 0.2) is 12.1 Å². The molecule has 2 unspecified atom stereocenters. The number of halogens is 2. The standard InChI is InChI=1S/C10H9Cl2N3O3/c11-6-1-4(2-7(12)9(6)13)14-10(16)5-3-8(5)15(17)18/h1-2,5,8H,3,13H2,(H,14,16). The Labute approximate surface area is 112 Å². The number of nitrogen functional groups attached to an aromatic ring is 1. The third-order valence-electron chi connectivity index (χ3n) is 2.71. The second-order valence-electron chi connectivity index (χ2n) is 4.04. The number of carbonyl (C=O) groups excluding carboxylic acids is 1. The number of hydrogen-bond donors (Lipinski definition) is 2. The molecule has 96 valence electrons. The first-order valence-corrected chi connectivity index (χ1v) is 5.84. The number of anilines is 2. The first-order chi connectivity index (χ1) is 8.40. The summed E-state index contributed by atoms with van der Waals surface area (Å²) < 4.78 is 0. The van der Waals surface area contributed by atoms with Gasteiger partial charge < -0.3 is 11.1 Å². The average molecular weight is 290 g/mol. The summed E-state index contributed by atoms with van der Waals surface area (Å²) in [6.45, 7) is 0. The summed E-state index contributed by atoms with van der Waals surface area (Å²) in [5.74, 6) is -0.997. The van der Waals surface area contributed by atoms with Crippen LogP contribution in [0.3, 0.4) is 0 Å². The molecule has 1 aromatic carbocycles. The Balaban J connectivity index is 2.07. The number of hydrogen-bond acceptors (Lipinski definition) is 4. The van der Waals surface area contributed by atoms with E-state index in [0.29, 0.717) is 5.69 Å². The molecule has 1 amide bonds. The molecule has 0 heterocycles. The van der Waals surface area contributed by atoms with E-state index in [4.69, 9.17) is 28.9 Å². The summed E-state index contributed by atoms with van der Waals surface area (Å²) in [6.07, 6.45) is 0.259. The fourth-order valence-corrected chi connectivity index (χ4v) is 2.07. The van der Waals surface area contributed by atoms with E-state index < -0.39 is 22.8 Å². The molecule has 0 aliphatic heterocycles. The van der Waals surface area contributed by atoms with Gasteiger partial charge >= 0.3 is 0 Å². The summed E-state index contributed by atoms with van der Waals surface area (Å²) in [5.41, 5.74) is 6.15. The maximum Gasteiger partial charge on any atom is 0.234 e. The average Bonchev–Trinajstić information content (AvgIpc) is 3.05. The van der Waals surface area contributed by atoms with Crippen molar-refractivity contribution in [2.45, 2.75) is 12.5 Å². The number of carbonyl (C=O) groups is 1. The van der Waals surface area contributed by atoms with Gasteiger partial charge in [0.05, 0.1) is 15.7 Å². The first kappa shape index (κ1) is 12.9. The quantitative estimate of drug-likeness (QED) is 0.506. The van der Waals surface area contributed by atoms with Crippen LogP contribution >= 0.6 is 23.2 Å². The number of nitro groups is 1. The molecule has 1 aromatic rings. The minimum absolute atomic E-state index is 0.222. The van der Waals surface area contributed by atoms with Crippen LogP contribution in [0.1, 0.15) is 6.42 Å². The van der Waals surface area contributed by atoms with Gasteiger partial charge in [0.15, 0.2) is 0 Å². The van der Waals surface area contributed by atoms with Crippen molar-refractivity contribution >= 4 is 40.5 Å². The number of nitrogens with two attached hydrogens (primary N) is 1. The number of benzene rings is 1. The number of amides is 1. The SMILES string of the molecule is Nc1c(Cl)cc(NC(=O)C2CC2[N+](=O)[O-])cc1Cl. The highest BCUT2D eigenvalue weighted by Gasteiger charge is 2.53. The van der Waals surface area contributed by atoms with Crippen molar-refractivity contribution in [2.75, 3.05) is 11.1 Å². The molecule has 1 aliphatic carbocycles. The van der Waals surface area contributed by atoms with Gasteiger partial charge in [-0.25, -0.2) is 0 Å². The Morgan fingerprint density at radius 2 is 2.00 bits per heavy atom. The molecule has 6 nitrogen and oxygen atoms in total. The van der Waals surface area contributed by atoms with E-state index in [1.165, 1.54) is 12.1 Å². The van der Waals surface area contributed by atoms with Crippen LogP contribution in [0.2, 0.25) is 10.0 Å². The third-order valence-corrected chi connectivity index (χ3v) is 3.34. The zero-order chi connectivity index (χ0) is 13.4. The lowest BCUT2D eigenvalue weighted by Gasteiger charge is -2.07. The molecular formula is C10H9Cl2N3O3. The van der Waals surface area contributed by atoms with E-state index >= 15 is 0 Å². The number of nitrogens with one attached hydrogen (secondary N) is 1. The predicted molar refractivity (Wildman–Crippen MR) is 68.4 cm³/mol. The Kier molecular flexibility index (Phi) is 3.32. The van der Waals surface area contributed by atoms with Crippen molar-refractivity contribution in [3.8, 4) is 0 Å². The molecule has 0 bridgehead atoms. The predicted octanol–water partition coefficient (Wildman–Crippen LogP) is 2.18. The van der Waals surface area contributed by atoms with Gasteiger partial charge in [-0.3, -0.25) is 14.9 Å². The first-order valence-electron chi connectivity index (χ1n) is 5.09. The lowest BCUT2D eigenvalue weighted by atomic mass is 10.2. The highest BCUT2D eigenvalue weighted by atomic mass is 35.5. The van der Waals surface area contributed by atoms with E-state index in [2.05, 4.69) is 5.32 Å². The van der Waals surface area contributed by atoms with Crippen molar-refractivity contribution in [1.82, 2.24) is 0 Å². The normalized spacial score (nSPS) is 21.4. The monoisotopic (exact) mass is 289 g/mol. The zero-order valence-electron chi connectivity index (χ0n) is 9.02. The molecular weight excluding hydrogens is 281 g/mol. The molecule has 1 fully saturated rings. The summed E-state index contributed by atoms with van der Waals surface area (Å²) in [6, 6.07) is 2.11. The van der Waals surface area contributed by atoms with E-state index in [1.54, 1.807) is 0 Å². The molecule has 1 saturated carbocycles. The van der Waals surface area contributed by atoms with E-state index in [0.717, 1.165) is 0 Å². The van der Waals surface area contributed by atoms with Crippen LogP contribution in [-0.4, -0.2) is 16.9 Å². The molecule has 8 heteroatoms. The minimum atomic E-state index is -0.787. The van der Waals surface area contributed by atoms with Gasteiger partial charge in [0.2, 0.25) is 11.9 Å². The van der Waals surface area contributed by atoms with Gasteiger partial charge in [-0.1, -0.05) is 23.2 Å². The van der Waals surface area contributed by atoms with Crippen molar-refractivity contribution < 1.29 is 9.72 Å². The third kappa shape index (κ3) is 2.49. The van der Waals surface area contributed by atoms with E-state index in [-0.39, 0.29) is 22.2 Å². The highest BCUT2D eigenvalue weighted by Crippen LogP contribution is 2.35. The van der Waals surface area contributed by atoms with Gasteiger partial charge in [-0.2, -0.15) is 0 Å². The van der Waals surface area contributed by atoms with Crippen molar-refractivity contribution in [3.05, 3.63) is 32.3 Å². The lowest BCUT2D eigenvalue weighted by molar-refractivity contribution is -0.497. The largest absolute Gasteiger partial charge is 0.396 e. The van der Waals surface area contributed by atoms with Crippen molar-refractivity contribution in [2.24, 2.45) is 5.92 Å². The second-order valence-corrected chi connectivity index (χ2v) is 4.85. The maximum absolute atomic E-state index is 11.7. The van der Waals surface area contributed by atoms with Crippen LogP contribution in [-0.2, 0) is 4.79 Å². The Morgan fingerprint density at radius 3 is 2.44 bits per heavy atom. The van der Waals surface area contributed by atoms with Gasteiger partial charge in [0.25, 0.3) is 0 Å². The summed E-state index contributed by atoms with van der Waals surface area (Å²) in [4.78, 5) is 21.7. The maximum atomic E-state index is 11.7. The van der Waals surface area contributed by atoms with Gasteiger partial charge in [-0.05, 0) is 12.1 Å². The number of nitrogens with zero attached hydrogens (tertiary/aromatic N) is 1. The van der Waals surface area contributed by atoms with Crippen molar-refractivity contribution in [1.29, 1.82) is 0 Å². The smallest absolute Gasteiger partial charge is 0.234 e. The van der Waals surface area contributed by atoms with Crippen molar-refractivity contribution in [3.63, 3.8) is 0 Å². The Hall–Kier alpha value is -1.53. The summed E-state index contributed by atoms with van der Waals surface area (Å²) >= 11 is 11.6. The van der Waals surface area contributed by atoms with E-state index in [9.17, 15) is 14.9 Å². The summed E-state index contributed by atoms with van der Waals surface area (Å²) in [7, 11) is 0. The molecule has 3 N–H and O–H groups in total. The molecule has 2 rings (SSSR count). The van der Waals surface area contributed by atoms with Gasteiger partial charge in [0, 0.05) is 17.0 Å². The van der Waals surface area contributed by atoms with Crippen LogP contribution in [0.4, 0.5) is 11.4 Å². The minimum Gasteiger partial charge on any atom is -0.396 e. The number of rotatable bonds is 3. The molecule has 1 aliphatic rings. The summed E-state index contributed by atoms with van der Waals surface area (Å²) in [5, 5.41) is 13.4. The van der Waals surface area contributed by atoms with E-state index in [1.807, 2.05) is 0 Å². The van der Waals surface area contributed by atoms with Crippen LogP contribution in [0.5, 0.6) is 0 Å². The van der Waals surface area contributed by atoms with Gasteiger partial charge in [-0.15, -0.1) is 0 Å². The molecule has 18 heavy (non-hydrogen) atoms.